The van der Waals surface area contributed by atoms with E-state index in [1.165, 1.54) is 34.3 Å². The van der Waals surface area contributed by atoms with Gasteiger partial charge in [0, 0.05) is 0 Å². The molecule has 3 heteroatoms. The summed E-state index contributed by atoms with van der Waals surface area (Å²) < 4.78 is 5.66. The van der Waals surface area contributed by atoms with Gasteiger partial charge in [0.25, 0.3) is 0 Å². The highest BCUT2D eigenvalue weighted by atomic mass is 16.5. The molecule has 1 N–H and O–H groups in total. The maximum absolute atomic E-state index is 11.0. The van der Waals surface area contributed by atoms with Gasteiger partial charge in [0.05, 0.1) is 18.3 Å². The van der Waals surface area contributed by atoms with Crippen LogP contribution in [0.5, 0.6) is 0 Å². The lowest BCUT2D eigenvalue weighted by Gasteiger charge is -2.24. The molecule has 0 aromatic carbocycles. The van der Waals surface area contributed by atoms with Crippen molar-refractivity contribution in [3.63, 3.8) is 0 Å². The monoisotopic (exact) mass is 454 g/mol. The number of carbonyl (C=O) groups is 1. The molecule has 3 nitrogen and oxygen atoms in total. The Morgan fingerprint density at radius 3 is 1.88 bits per heavy atom. The number of rotatable bonds is 14. The Hall–Kier alpha value is -2.13. The summed E-state index contributed by atoms with van der Waals surface area (Å²) >= 11 is 0. The van der Waals surface area contributed by atoms with E-state index in [0.717, 1.165) is 51.4 Å². The van der Waals surface area contributed by atoms with Crippen LogP contribution in [0.25, 0.3) is 0 Å². The Labute approximate surface area is 202 Å². The maximum Gasteiger partial charge on any atom is 0.333 e. The Kier molecular flexibility index (Phi) is 14.4. The molecule has 1 atom stereocenters. The molecule has 1 aliphatic rings. The number of carboxylic acids is 1. The van der Waals surface area contributed by atoms with E-state index in [2.05, 4.69) is 71.6 Å². The molecule has 0 amide bonds. The summed E-state index contributed by atoms with van der Waals surface area (Å²) in [7, 11) is 0. The van der Waals surface area contributed by atoms with Crippen LogP contribution in [-0.4, -0.2) is 23.8 Å². The minimum Gasteiger partial charge on any atom is -0.478 e. The molecule has 0 spiro atoms. The van der Waals surface area contributed by atoms with Crippen molar-refractivity contribution in [1.82, 2.24) is 0 Å². The van der Waals surface area contributed by atoms with Gasteiger partial charge in [0.2, 0.25) is 0 Å². The zero-order valence-corrected chi connectivity index (χ0v) is 21.7. The molecule has 0 aromatic heterocycles. The molecule has 0 radical (unpaired) electrons. The largest absolute Gasteiger partial charge is 0.478 e. The summed E-state index contributed by atoms with van der Waals surface area (Å²) in [5.41, 5.74) is 7.26. The summed E-state index contributed by atoms with van der Waals surface area (Å²) in [4.78, 5) is 11.0. The molecule has 1 aliphatic heterocycles. The van der Waals surface area contributed by atoms with Gasteiger partial charge < -0.3 is 9.84 Å². The zero-order chi connectivity index (χ0) is 24.6. The summed E-state index contributed by atoms with van der Waals surface area (Å²) in [5, 5.41) is 9.01. The molecule has 1 heterocycles. The minimum atomic E-state index is -0.962. The fourth-order valence-corrected chi connectivity index (χ4v) is 3.86. The molecule has 0 bridgehead atoms. The van der Waals surface area contributed by atoms with Crippen molar-refractivity contribution in [3.05, 3.63) is 70.4 Å². The van der Waals surface area contributed by atoms with Crippen LogP contribution in [0.15, 0.2) is 70.4 Å². The van der Waals surface area contributed by atoms with E-state index in [1.807, 2.05) is 0 Å². The topological polar surface area (TPSA) is 46.5 Å². The zero-order valence-electron chi connectivity index (χ0n) is 21.7. The Balaban J connectivity index is 2.23. The van der Waals surface area contributed by atoms with Gasteiger partial charge in [-0.1, -0.05) is 59.3 Å². The number of allylic oxidation sites excluding steroid dienone is 9. The van der Waals surface area contributed by atoms with Gasteiger partial charge in [-0.05, 0) is 104 Å². The van der Waals surface area contributed by atoms with E-state index < -0.39 is 5.97 Å². The summed E-state index contributed by atoms with van der Waals surface area (Å²) in [5.74, 6) is -0.962. The first-order valence-corrected chi connectivity index (χ1v) is 12.5. The lowest BCUT2D eigenvalue weighted by atomic mass is 9.98. The van der Waals surface area contributed by atoms with Gasteiger partial charge in [0.1, 0.15) is 0 Å². The predicted octanol–water partition coefficient (Wildman–Crippen LogP) is 8.66. The number of carboxylic acid groups (broad SMARTS) is 1. The molecule has 1 saturated heterocycles. The lowest BCUT2D eigenvalue weighted by Crippen LogP contribution is -2.26. The van der Waals surface area contributed by atoms with Crippen molar-refractivity contribution in [2.75, 3.05) is 6.61 Å². The highest BCUT2D eigenvalue weighted by Crippen LogP contribution is 2.23. The summed E-state index contributed by atoms with van der Waals surface area (Å²) in [6.07, 6.45) is 21.9. The van der Waals surface area contributed by atoms with Crippen molar-refractivity contribution in [2.45, 2.75) is 105 Å². The fraction of sp³-hybridized carbons (Fsp3) is 0.567. The normalized spacial score (nSPS) is 19.0. The van der Waals surface area contributed by atoms with Crippen LogP contribution in [0.3, 0.4) is 0 Å². The minimum absolute atomic E-state index is 0.166. The Morgan fingerprint density at radius 1 is 0.879 bits per heavy atom. The van der Waals surface area contributed by atoms with E-state index in [0.29, 0.717) is 13.0 Å². The van der Waals surface area contributed by atoms with Crippen molar-refractivity contribution in [3.8, 4) is 0 Å². The van der Waals surface area contributed by atoms with E-state index in [4.69, 9.17) is 9.84 Å². The molecule has 0 saturated carbocycles. The Bertz CT molecular complexity index is 775. The maximum atomic E-state index is 11.0. The third-order valence-corrected chi connectivity index (χ3v) is 6.11. The van der Waals surface area contributed by atoms with E-state index in [9.17, 15) is 4.79 Å². The van der Waals surface area contributed by atoms with Gasteiger partial charge in [-0.2, -0.15) is 0 Å². The number of hydrogen-bond acceptors (Lipinski definition) is 2. The second-order valence-corrected chi connectivity index (χ2v) is 9.66. The van der Waals surface area contributed by atoms with Crippen molar-refractivity contribution < 1.29 is 14.6 Å². The fourth-order valence-electron chi connectivity index (χ4n) is 3.86. The van der Waals surface area contributed by atoms with Crippen LogP contribution >= 0.6 is 0 Å². The van der Waals surface area contributed by atoms with E-state index >= 15 is 0 Å². The molecular formula is C30H46O3. The summed E-state index contributed by atoms with van der Waals surface area (Å²) in [6, 6.07) is 0. The summed E-state index contributed by atoms with van der Waals surface area (Å²) in [6.45, 7) is 15.2. The quantitative estimate of drug-likeness (QED) is 0.162. The molecule has 0 aromatic rings. The van der Waals surface area contributed by atoms with Gasteiger partial charge in [-0.25, -0.2) is 4.79 Å². The second kappa shape index (κ2) is 16.5. The molecule has 0 aliphatic carbocycles. The SMILES string of the molecule is C=C(C(=O)O)C1CC/C(=C/CC/C(C)=C/CC/C=C(\C)CC/C=C(\C)CCC=C(C)C)CO1. The van der Waals surface area contributed by atoms with Crippen LogP contribution in [0.4, 0.5) is 0 Å². The van der Waals surface area contributed by atoms with E-state index in [-0.39, 0.29) is 11.7 Å². The van der Waals surface area contributed by atoms with Crippen molar-refractivity contribution in [2.24, 2.45) is 0 Å². The first kappa shape index (κ1) is 28.9. The smallest absolute Gasteiger partial charge is 0.333 e. The second-order valence-electron chi connectivity index (χ2n) is 9.66. The highest BCUT2D eigenvalue weighted by Gasteiger charge is 2.23. The molecule has 33 heavy (non-hydrogen) atoms. The predicted molar refractivity (Wildman–Crippen MR) is 141 cm³/mol. The average Bonchev–Trinajstić information content (AvgIpc) is 2.76. The van der Waals surface area contributed by atoms with Crippen LogP contribution in [0, 0.1) is 0 Å². The standard InChI is InChI=1S/C30H46O3/c1-23(2)12-9-15-26(5)17-10-16-24(3)13-7-8-14-25(4)18-11-19-28-20-21-29(33-22-28)27(6)30(31)32/h12-14,17,19,29H,6-11,15-16,18,20-22H2,1-5H3,(H,31,32)/b24-13+,25-14+,26-17+,28-19-. The Morgan fingerprint density at radius 2 is 1.39 bits per heavy atom. The number of hydrogen-bond donors (Lipinski definition) is 1. The van der Waals surface area contributed by atoms with Gasteiger partial charge >= 0.3 is 5.97 Å². The van der Waals surface area contributed by atoms with Gasteiger partial charge in [-0.15, -0.1) is 0 Å². The third kappa shape index (κ3) is 13.9. The molecule has 184 valence electrons. The van der Waals surface area contributed by atoms with E-state index in [1.54, 1.807) is 0 Å². The van der Waals surface area contributed by atoms with Crippen LogP contribution < -0.4 is 0 Å². The molecule has 1 unspecified atom stereocenters. The molecule has 1 rings (SSSR count). The van der Waals surface area contributed by atoms with Crippen molar-refractivity contribution >= 4 is 5.97 Å². The number of unbranched alkanes of at least 4 members (excludes halogenated alkanes) is 1. The first-order valence-electron chi connectivity index (χ1n) is 12.5. The van der Waals surface area contributed by atoms with Crippen LogP contribution in [0.1, 0.15) is 98.8 Å². The van der Waals surface area contributed by atoms with Gasteiger partial charge in [-0.3, -0.25) is 0 Å². The van der Waals surface area contributed by atoms with Gasteiger partial charge in [0.15, 0.2) is 0 Å². The lowest BCUT2D eigenvalue weighted by molar-refractivity contribution is -0.134. The number of ether oxygens (including phenoxy) is 1. The molecular weight excluding hydrogens is 408 g/mol. The highest BCUT2D eigenvalue weighted by molar-refractivity contribution is 5.86. The first-order chi connectivity index (χ1) is 15.7. The average molecular weight is 455 g/mol. The molecule has 1 fully saturated rings. The van der Waals surface area contributed by atoms with Crippen LogP contribution in [0.2, 0.25) is 0 Å². The third-order valence-electron chi connectivity index (χ3n) is 6.11. The number of aliphatic carboxylic acids is 1. The van der Waals surface area contributed by atoms with Crippen LogP contribution in [-0.2, 0) is 9.53 Å². The van der Waals surface area contributed by atoms with Crippen molar-refractivity contribution in [1.29, 1.82) is 0 Å².